The number of pyridine rings is 1. The van der Waals surface area contributed by atoms with Crippen LogP contribution in [0.3, 0.4) is 0 Å². The highest BCUT2D eigenvalue weighted by atomic mass is 32.2. The maximum Gasteiger partial charge on any atom is 0.275 e. The molecule has 39 heavy (non-hydrogen) atoms. The second-order valence-electron chi connectivity index (χ2n) is 9.17. The number of aromatic nitrogens is 3. The van der Waals surface area contributed by atoms with Crippen molar-refractivity contribution < 1.29 is 17.6 Å². The Balaban J connectivity index is 1.62. The van der Waals surface area contributed by atoms with Crippen LogP contribution in [0.5, 0.6) is 11.5 Å². The molecule has 3 heterocycles. The number of hydrogen-bond acceptors (Lipinski definition) is 7. The summed E-state index contributed by atoms with van der Waals surface area (Å²) in [5, 5.41) is 0.452. The average Bonchev–Trinajstić information content (AvgIpc) is 3.58. The van der Waals surface area contributed by atoms with Crippen LogP contribution in [0.15, 0.2) is 99.3 Å². The molecule has 0 aliphatic carbocycles. The Morgan fingerprint density at radius 1 is 0.974 bits per heavy atom. The van der Waals surface area contributed by atoms with Gasteiger partial charge < -0.3 is 19.5 Å². The number of aryl methyl sites for hydroxylation is 2. The lowest BCUT2D eigenvalue weighted by molar-refractivity contribution is 0.489. The number of ether oxygens (including phenoxy) is 1. The quantitative estimate of drug-likeness (QED) is 0.317. The molecule has 0 aliphatic rings. The minimum absolute atomic E-state index is 0.0316. The van der Waals surface area contributed by atoms with Gasteiger partial charge in [0.05, 0.1) is 11.4 Å². The van der Waals surface area contributed by atoms with E-state index in [-0.39, 0.29) is 17.0 Å². The van der Waals surface area contributed by atoms with Crippen LogP contribution in [0, 0.1) is 6.92 Å². The van der Waals surface area contributed by atoms with Crippen LogP contribution in [0.1, 0.15) is 11.5 Å². The fourth-order valence-corrected chi connectivity index (χ4v) is 5.94. The first kappa shape index (κ1) is 24.7. The zero-order valence-corrected chi connectivity index (χ0v) is 22.0. The smallest absolute Gasteiger partial charge is 0.275 e. The molecule has 0 aliphatic heterocycles. The van der Waals surface area contributed by atoms with Gasteiger partial charge in [0.25, 0.3) is 15.6 Å². The highest BCUT2D eigenvalue weighted by Gasteiger charge is 2.25. The van der Waals surface area contributed by atoms with Crippen molar-refractivity contribution in [2.24, 2.45) is 12.8 Å². The molecule has 6 rings (SSSR count). The number of rotatable bonds is 6. The summed E-state index contributed by atoms with van der Waals surface area (Å²) in [6.45, 7) is 1.99. The lowest BCUT2D eigenvalue weighted by Gasteiger charge is -2.14. The van der Waals surface area contributed by atoms with Gasteiger partial charge in [-0.15, -0.1) is 0 Å². The molecule has 2 N–H and O–H groups in total. The Hall–Kier alpha value is -4.67. The summed E-state index contributed by atoms with van der Waals surface area (Å²) in [5.74, 6) is 1.32. The Bertz CT molecular complexity index is 2020. The molecule has 196 valence electrons. The summed E-state index contributed by atoms with van der Waals surface area (Å²) in [6, 6.07) is 20.9. The Labute approximate surface area is 223 Å². The molecule has 9 nitrogen and oxygen atoms in total. The summed E-state index contributed by atoms with van der Waals surface area (Å²) >= 11 is 0. The van der Waals surface area contributed by atoms with Crippen molar-refractivity contribution in [1.29, 1.82) is 0 Å². The van der Waals surface area contributed by atoms with Gasteiger partial charge in [-0.25, -0.2) is 17.4 Å². The molecule has 0 saturated heterocycles. The molecule has 0 saturated carbocycles. The number of fused-ring (bicyclic) bond motifs is 2. The maximum atomic E-state index is 13.6. The van der Waals surface area contributed by atoms with Crippen LogP contribution in [-0.2, 0) is 23.6 Å². The number of nitrogens with zero attached hydrogens (tertiary/aromatic N) is 3. The van der Waals surface area contributed by atoms with E-state index in [1.54, 1.807) is 43.6 Å². The first-order valence-corrected chi connectivity index (χ1v) is 13.6. The standard InChI is InChI=1S/C29H24N4O5S/c1-18-8-10-20(11-9-18)39(35,36)33-15-14-21-23(17-32(2)29(34)27(21)33)22-12-13-24-26(31-25(16-30)38-24)28(22)37-19-6-4-3-5-7-19/h3-15,17H,16,30H2,1-2H3. The Morgan fingerprint density at radius 2 is 1.72 bits per heavy atom. The second kappa shape index (κ2) is 9.26. The fourth-order valence-electron chi connectivity index (χ4n) is 4.59. The third-order valence-corrected chi connectivity index (χ3v) is 8.24. The number of oxazole rings is 1. The third kappa shape index (κ3) is 4.10. The predicted molar refractivity (Wildman–Crippen MR) is 148 cm³/mol. The number of hydrogen-bond donors (Lipinski definition) is 1. The molecule has 0 fully saturated rings. The van der Waals surface area contributed by atoms with E-state index in [1.165, 1.54) is 22.9 Å². The van der Waals surface area contributed by atoms with E-state index in [0.29, 0.717) is 45.0 Å². The van der Waals surface area contributed by atoms with Gasteiger partial charge in [0.2, 0.25) is 5.89 Å². The van der Waals surface area contributed by atoms with Crippen molar-refractivity contribution in [2.45, 2.75) is 18.4 Å². The number of nitrogens with two attached hydrogens (primary N) is 1. The highest BCUT2D eigenvalue weighted by molar-refractivity contribution is 7.90. The van der Waals surface area contributed by atoms with E-state index in [9.17, 15) is 13.2 Å². The molecule has 0 spiro atoms. The average molecular weight is 541 g/mol. The zero-order chi connectivity index (χ0) is 27.3. The lowest BCUT2D eigenvalue weighted by Crippen LogP contribution is -2.22. The van der Waals surface area contributed by atoms with Gasteiger partial charge in [-0.2, -0.15) is 0 Å². The molecular formula is C29H24N4O5S. The fraction of sp³-hybridized carbons (Fsp3) is 0.103. The van der Waals surface area contributed by atoms with Crippen molar-refractivity contribution in [3.05, 3.63) is 107 Å². The predicted octanol–water partition coefficient (Wildman–Crippen LogP) is 4.94. The van der Waals surface area contributed by atoms with Crippen molar-refractivity contribution >= 4 is 32.0 Å². The molecule has 0 amide bonds. The molecular weight excluding hydrogens is 516 g/mol. The monoisotopic (exact) mass is 540 g/mol. The second-order valence-corrected chi connectivity index (χ2v) is 11.0. The van der Waals surface area contributed by atoms with Crippen LogP contribution < -0.4 is 16.0 Å². The van der Waals surface area contributed by atoms with E-state index >= 15 is 0 Å². The summed E-state index contributed by atoms with van der Waals surface area (Å²) in [7, 11) is -2.46. The van der Waals surface area contributed by atoms with Crippen molar-refractivity contribution in [2.75, 3.05) is 0 Å². The molecule has 0 radical (unpaired) electrons. The lowest BCUT2D eigenvalue weighted by atomic mass is 10.0. The van der Waals surface area contributed by atoms with Gasteiger partial charge in [-0.3, -0.25) is 4.79 Å². The highest BCUT2D eigenvalue weighted by Crippen LogP contribution is 2.42. The minimum Gasteiger partial charge on any atom is -0.454 e. The van der Waals surface area contributed by atoms with Gasteiger partial charge >= 0.3 is 0 Å². The van der Waals surface area contributed by atoms with Crippen LogP contribution in [-0.4, -0.2) is 21.9 Å². The molecule has 10 heteroatoms. The summed E-state index contributed by atoms with van der Waals surface area (Å²) in [4.78, 5) is 18.0. The van der Waals surface area contributed by atoms with Gasteiger partial charge in [0.15, 0.2) is 16.8 Å². The maximum absolute atomic E-state index is 13.6. The van der Waals surface area contributed by atoms with Gasteiger partial charge in [0, 0.05) is 36.0 Å². The van der Waals surface area contributed by atoms with Crippen LogP contribution >= 0.6 is 0 Å². The van der Waals surface area contributed by atoms with Crippen LogP contribution in [0.2, 0.25) is 0 Å². The molecule has 0 bridgehead atoms. The number of benzene rings is 3. The topological polar surface area (TPSA) is 122 Å². The zero-order valence-electron chi connectivity index (χ0n) is 21.2. The van der Waals surface area contributed by atoms with E-state index < -0.39 is 15.6 Å². The SMILES string of the molecule is Cc1ccc(S(=O)(=O)n2ccc3c(-c4ccc5oc(CN)nc5c4Oc4ccccc4)cn(C)c(=O)c32)cc1. The van der Waals surface area contributed by atoms with E-state index in [2.05, 4.69) is 4.98 Å². The van der Waals surface area contributed by atoms with Crippen LogP contribution in [0.25, 0.3) is 33.1 Å². The summed E-state index contributed by atoms with van der Waals surface area (Å²) in [6.07, 6.45) is 3.07. The first-order chi connectivity index (χ1) is 18.8. The molecule has 6 aromatic rings. The van der Waals surface area contributed by atoms with E-state index in [0.717, 1.165) is 9.54 Å². The van der Waals surface area contributed by atoms with Gasteiger partial charge in [-0.05, 0) is 49.4 Å². The molecule has 0 unspecified atom stereocenters. The first-order valence-electron chi connectivity index (χ1n) is 12.2. The third-order valence-electron chi connectivity index (χ3n) is 6.55. The molecule has 0 atom stereocenters. The van der Waals surface area contributed by atoms with Crippen molar-refractivity contribution in [1.82, 2.24) is 13.5 Å². The van der Waals surface area contributed by atoms with Gasteiger partial charge in [0.1, 0.15) is 11.3 Å². The Kier molecular flexibility index (Phi) is 5.86. The summed E-state index contributed by atoms with van der Waals surface area (Å²) < 4.78 is 41.7. The molecule has 3 aromatic heterocycles. The minimum atomic E-state index is -4.04. The normalized spacial score (nSPS) is 11.9. The van der Waals surface area contributed by atoms with Crippen LogP contribution in [0.4, 0.5) is 0 Å². The van der Waals surface area contributed by atoms with E-state index in [4.69, 9.17) is 14.9 Å². The Morgan fingerprint density at radius 3 is 2.44 bits per heavy atom. The van der Waals surface area contributed by atoms with E-state index in [1.807, 2.05) is 37.3 Å². The largest absolute Gasteiger partial charge is 0.454 e. The summed E-state index contributed by atoms with van der Waals surface area (Å²) in [5.41, 5.74) is 8.44. The van der Waals surface area contributed by atoms with Gasteiger partial charge in [-0.1, -0.05) is 35.9 Å². The van der Waals surface area contributed by atoms with Crippen molar-refractivity contribution in [3.63, 3.8) is 0 Å². The van der Waals surface area contributed by atoms with Crippen molar-refractivity contribution in [3.8, 4) is 22.6 Å². The number of para-hydroxylation sites is 1. The molecule has 3 aromatic carbocycles.